The molecular weight excluding hydrogens is 376 g/mol. The largest absolute Gasteiger partial charge is 0.496 e. The zero-order valence-electron chi connectivity index (χ0n) is 18.0. The number of H-pyrrole nitrogens is 1. The normalized spacial score (nSPS) is 16.5. The van der Waals surface area contributed by atoms with Gasteiger partial charge in [0.15, 0.2) is 0 Å². The van der Waals surface area contributed by atoms with Crippen molar-refractivity contribution in [3.63, 3.8) is 0 Å². The molecule has 0 fully saturated rings. The van der Waals surface area contributed by atoms with Gasteiger partial charge in [0.25, 0.3) is 0 Å². The first-order chi connectivity index (χ1) is 14.5. The van der Waals surface area contributed by atoms with Gasteiger partial charge in [0.2, 0.25) is 0 Å². The van der Waals surface area contributed by atoms with Crippen LogP contribution >= 0.6 is 0 Å². The fourth-order valence-electron chi connectivity index (χ4n) is 3.98. The minimum Gasteiger partial charge on any atom is -0.496 e. The van der Waals surface area contributed by atoms with Crippen molar-refractivity contribution in [2.75, 3.05) is 39.6 Å². The van der Waals surface area contributed by atoms with E-state index < -0.39 is 0 Å². The first-order valence-corrected chi connectivity index (χ1v) is 10.4. The molecule has 0 radical (unpaired) electrons. The summed E-state index contributed by atoms with van der Waals surface area (Å²) < 4.78 is 5.61. The Kier molecular flexibility index (Phi) is 5.90. The number of benzene rings is 1. The summed E-state index contributed by atoms with van der Waals surface area (Å²) in [6, 6.07) is 6.18. The Bertz CT molecular complexity index is 1040. The molecule has 0 saturated heterocycles. The minimum absolute atomic E-state index is 0.796. The SMILES string of the molecule is C=C1CCN(C)Cc2cc(ccc2OC)Nc2ncnc3[nH]cc(c23)CCCN1C. The van der Waals surface area contributed by atoms with Crippen LogP contribution in [-0.2, 0) is 13.0 Å². The van der Waals surface area contributed by atoms with Gasteiger partial charge in [-0.05, 0) is 50.1 Å². The highest BCUT2D eigenvalue weighted by Crippen LogP contribution is 2.30. The molecule has 3 aromatic rings. The first kappa shape index (κ1) is 20.2. The topological polar surface area (TPSA) is 69.3 Å². The lowest BCUT2D eigenvalue weighted by Gasteiger charge is -2.25. The van der Waals surface area contributed by atoms with Crippen molar-refractivity contribution in [1.82, 2.24) is 24.8 Å². The Morgan fingerprint density at radius 1 is 1.10 bits per heavy atom. The highest BCUT2D eigenvalue weighted by Gasteiger charge is 2.15. The second-order valence-corrected chi connectivity index (χ2v) is 7.99. The van der Waals surface area contributed by atoms with Crippen LogP contribution in [0.15, 0.2) is 43.0 Å². The molecule has 7 nitrogen and oxygen atoms in total. The minimum atomic E-state index is 0.796. The van der Waals surface area contributed by atoms with Gasteiger partial charge in [0.1, 0.15) is 23.5 Å². The molecule has 3 heterocycles. The van der Waals surface area contributed by atoms with E-state index in [1.54, 1.807) is 13.4 Å². The monoisotopic (exact) mass is 406 g/mol. The molecule has 0 aliphatic carbocycles. The van der Waals surface area contributed by atoms with E-state index in [1.165, 1.54) is 11.3 Å². The van der Waals surface area contributed by atoms with Gasteiger partial charge in [-0.2, -0.15) is 0 Å². The fourth-order valence-corrected chi connectivity index (χ4v) is 3.98. The van der Waals surface area contributed by atoms with Crippen LogP contribution in [0.4, 0.5) is 11.5 Å². The Morgan fingerprint density at radius 3 is 2.80 bits per heavy atom. The summed E-state index contributed by atoms with van der Waals surface area (Å²) in [5, 5.41) is 4.56. The molecule has 2 N–H and O–H groups in total. The van der Waals surface area contributed by atoms with Gasteiger partial charge in [-0.15, -0.1) is 0 Å². The van der Waals surface area contributed by atoms with E-state index in [9.17, 15) is 0 Å². The Morgan fingerprint density at radius 2 is 1.97 bits per heavy atom. The zero-order valence-corrected chi connectivity index (χ0v) is 18.0. The molecule has 0 spiro atoms. The third-order valence-corrected chi connectivity index (χ3v) is 5.80. The molecule has 2 aromatic heterocycles. The van der Waals surface area contributed by atoms with Crippen molar-refractivity contribution < 1.29 is 4.74 Å². The number of methoxy groups -OCH3 is 1. The average Bonchev–Trinajstić information content (AvgIpc) is 3.15. The predicted octanol–water partition coefficient (Wildman–Crippen LogP) is 3.92. The molecule has 0 atom stereocenters. The summed E-state index contributed by atoms with van der Waals surface area (Å²) in [6.45, 7) is 7.00. The van der Waals surface area contributed by atoms with Gasteiger partial charge in [0.05, 0.1) is 12.5 Å². The number of nitrogens with one attached hydrogen (secondary N) is 2. The number of aromatic nitrogens is 3. The average molecular weight is 407 g/mol. The van der Waals surface area contributed by atoms with Crippen LogP contribution in [0.25, 0.3) is 11.0 Å². The maximum absolute atomic E-state index is 5.61. The molecule has 2 bridgehead atoms. The summed E-state index contributed by atoms with van der Waals surface area (Å²) in [4.78, 5) is 16.8. The number of ether oxygens (including phenoxy) is 1. The molecule has 1 aromatic carbocycles. The number of fused-ring (bicyclic) bond motifs is 2. The standard InChI is InChI=1S/C23H30N6O/c1-16-9-11-28(2)14-18-12-19(7-8-20(18)30-4)27-23-21-17(6-5-10-29(16)3)13-24-22(21)25-15-26-23/h7-8,12-13,15H,1,5-6,9-11,14H2,2-4H3,(H2,24,25,26,27). The highest BCUT2D eigenvalue weighted by molar-refractivity contribution is 5.92. The van der Waals surface area contributed by atoms with Crippen LogP contribution in [0.2, 0.25) is 0 Å². The molecule has 0 amide bonds. The number of nitrogens with zero attached hydrogens (tertiary/aromatic N) is 4. The van der Waals surface area contributed by atoms with Gasteiger partial charge in [-0.1, -0.05) is 6.58 Å². The summed E-state index contributed by atoms with van der Waals surface area (Å²) in [6.07, 6.45) is 6.58. The molecule has 30 heavy (non-hydrogen) atoms. The number of anilines is 2. The van der Waals surface area contributed by atoms with Crippen LogP contribution < -0.4 is 10.1 Å². The molecule has 4 rings (SSSR count). The van der Waals surface area contributed by atoms with Crippen molar-refractivity contribution >= 4 is 22.5 Å². The van der Waals surface area contributed by atoms with Crippen LogP contribution in [0.3, 0.4) is 0 Å². The smallest absolute Gasteiger partial charge is 0.143 e. The van der Waals surface area contributed by atoms with E-state index in [0.29, 0.717) is 0 Å². The van der Waals surface area contributed by atoms with Gasteiger partial charge in [-0.3, -0.25) is 0 Å². The zero-order chi connectivity index (χ0) is 21.1. The molecule has 158 valence electrons. The van der Waals surface area contributed by atoms with E-state index in [1.807, 2.05) is 12.1 Å². The number of rotatable bonds is 1. The molecule has 1 aliphatic rings. The number of hydrogen-bond donors (Lipinski definition) is 2. The maximum atomic E-state index is 5.61. The second kappa shape index (κ2) is 8.75. The molecular formula is C23H30N6O. The van der Waals surface area contributed by atoms with Crippen molar-refractivity contribution in [2.45, 2.75) is 25.8 Å². The molecule has 0 unspecified atom stereocenters. The van der Waals surface area contributed by atoms with Crippen molar-refractivity contribution in [1.29, 1.82) is 0 Å². The van der Waals surface area contributed by atoms with Crippen molar-refractivity contribution in [3.05, 3.63) is 54.1 Å². The van der Waals surface area contributed by atoms with E-state index in [-0.39, 0.29) is 0 Å². The Balaban J connectivity index is 1.74. The summed E-state index contributed by atoms with van der Waals surface area (Å²) >= 11 is 0. The quantitative estimate of drug-likeness (QED) is 0.638. The number of aryl methyl sites for hydroxylation is 1. The van der Waals surface area contributed by atoms with Crippen LogP contribution in [0.1, 0.15) is 24.0 Å². The molecule has 1 aliphatic heterocycles. The lowest BCUT2D eigenvalue weighted by atomic mass is 10.1. The summed E-state index contributed by atoms with van der Waals surface area (Å²) in [7, 11) is 5.98. The van der Waals surface area contributed by atoms with Gasteiger partial charge in [0, 0.05) is 49.8 Å². The van der Waals surface area contributed by atoms with Crippen LogP contribution in [0.5, 0.6) is 5.75 Å². The van der Waals surface area contributed by atoms with Gasteiger partial charge >= 0.3 is 0 Å². The lowest BCUT2D eigenvalue weighted by molar-refractivity contribution is 0.302. The van der Waals surface area contributed by atoms with Crippen molar-refractivity contribution in [3.8, 4) is 5.75 Å². The first-order valence-electron chi connectivity index (χ1n) is 10.4. The molecule has 0 saturated carbocycles. The second-order valence-electron chi connectivity index (χ2n) is 7.99. The van der Waals surface area contributed by atoms with E-state index >= 15 is 0 Å². The maximum Gasteiger partial charge on any atom is 0.143 e. The van der Waals surface area contributed by atoms with Gasteiger partial charge < -0.3 is 24.8 Å². The van der Waals surface area contributed by atoms with Crippen molar-refractivity contribution in [2.24, 2.45) is 0 Å². The van der Waals surface area contributed by atoms with Gasteiger partial charge in [-0.25, -0.2) is 9.97 Å². The summed E-state index contributed by atoms with van der Waals surface area (Å²) in [5.74, 6) is 1.71. The molecule has 7 heteroatoms. The Hall–Kier alpha value is -3.06. The number of hydrogen-bond acceptors (Lipinski definition) is 6. The third-order valence-electron chi connectivity index (χ3n) is 5.80. The Labute approximate surface area is 177 Å². The van der Waals surface area contributed by atoms with E-state index in [2.05, 4.69) is 63.0 Å². The number of aromatic amines is 1. The van der Waals surface area contributed by atoms with Crippen LogP contribution in [0, 0.1) is 0 Å². The summed E-state index contributed by atoms with van der Waals surface area (Å²) in [5.41, 5.74) is 5.38. The van der Waals surface area contributed by atoms with E-state index in [0.717, 1.165) is 72.7 Å². The predicted molar refractivity (Wildman–Crippen MR) is 121 cm³/mol. The third kappa shape index (κ3) is 4.26. The highest BCUT2D eigenvalue weighted by atomic mass is 16.5. The lowest BCUT2D eigenvalue weighted by Crippen LogP contribution is -2.25. The van der Waals surface area contributed by atoms with E-state index in [4.69, 9.17) is 4.74 Å². The van der Waals surface area contributed by atoms with Crippen LogP contribution in [-0.4, -0.2) is 59.0 Å². The fraction of sp³-hybridized carbons (Fsp3) is 0.391.